The fourth-order valence-corrected chi connectivity index (χ4v) is 1.40. The zero-order valence-electron chi connectivity index (χ0n) is 6.98. The van der Waals surface area contributed by atoms with E-state index >= 15 is 0 Å². The fourth-order valence-electron chi connectivity index (χ4n) is 1.10. The summed E-state index contributed by atoms with van der Waals surface area (Å²) in [5, 5.41) is 8.76. The summed E-state index contributed by atoms with van der Waals surface area (Å²) in [5.41, 5.74) is -0.931. The monoisotopic (exact) mass is 225 g/mol. The standard InChI is InChI=1S/C8H7ClF3NO/c9-1-4-6(3-14)13-2-5(10)7(4)8(11)12/h2,8,14H,1,3H2. The van der Waals surface area contributed by atoms with Crippen molar-refractivity contribution in [2.45, 2.75) is 18.9 Å². The lowest BCUT2D eigenvalue weighted by Gasteiger charge is -2.10. The highest BCUT2D eigenvalue weighted by molar-refractivity contribution is 6.17. The van der Waals surface area contributed by atoms with Crippen LogP contribution in [-0.4, -0.2) is 10.1 Å². The van der Waals surface area contributed by atoms with Crippen molar-refractivity contribution < 1.29 is 18.3 Å². The van der Waals surface area contributed by atoms with Gasteiger partial charge in [-0.05, 0) is 0 Å². The Labute approximate surface area is 83.3 Å². The summed E-state index contributed by atoms with van der Waals surface area (Å²) in [5.74, 6) is -1.41. The molecule has 78 valence electrons. The van der Waals surface area contributed by atoms with Gasteiger partial charge in [0.2, 0.25) is 0 Å². The molecule has 14 heavy (non-hydrogen) atoms. The lowest BCUT2D eigenvalue weighted by Crippen LogP contribution is -2.05. The first-order valence-corrected chi connectivity index (χ1v) is 4.26. The Morgan fingerprint density at radius 1 is 1.50 bits per heavy atom. The van der Waals surface area contributed by atoms with E-state index in [1.165, 1.54) is 0 Å². The molecule has 0 aliphatic carbocycles. The van der Waals surface area contributed by atoms with Gasteiger partial charge in [0.25, 0.3) is 6.43 Å². The number of hydrogen-bond acceptors (Lipinski definition) is 2. The summed E-state index contributed by atoms with van der Waals surface area (Å²) in [6.07, 6.45) is -2.31. The van der Waals surface area contributed by atoms with E-state index in [0.717, 1.165) is 0 Å². The van der Waals surface area contributed by atoms with E-state index in [-0.39, 0.29) is 17.1 Å². The maximum Gasteiger partial charge on any atom is 0.267 e. The third-order valence-electron chi connectivity index (χ3n) is 1.77. The van der Waals surface area contributed by atoms with Gasteiger partial charge in [0.15, 0.2) is 5.82 Å². The van der Waals surface area contributed by atoms with E-state index in [9.17, 15) is 13.2 Å². The molecule has 1 aromatic rings. The number of halogens is 4. The molecule has 0 bridgehead atoms. The van der Waals surface area contributed by atoms with Crippen LogP contribution in [0.3, 0.4) is 0 Å². The molecule has 6 heteroatoms. The highest BCUT2D eigenvalue weighted by atomic mass is 35.5. The van der Waals surface area contributed by atoms with Crippen LogP contribution >= 0.6 is 11.6 Å². The number of hydrogen-bond donors (Lipinski definition) is 1. The molecule has 0 aliphatic rings. The zero-order chi connectivity index (χ0) is 10.7. The molecule has 1 N–H and O–H groups in total. The van der Waals surface area contributed by atoms with Crippen LogP contribution in [0.25, 0.3) is 0 Å². The van der Waals surface area contributed by atoms with Gasteiger partial charge < -0.3 is 5.11 Å². The third-order valence-corrected chi connectivity index (χ3v) is 2.03. The Kier molecular flexibility index (Phi) is 3.71. The second-order valence-electron chi connectivity index (χ2n) is 2.54. The topological polar surface area (TPSA) is 33.1 Å². The van der Waals surface area contributed by atoms with Crippen molar-refractivity contribution in [1.82, 2.24) is 4.98 Å². The molecule has 0 spiro atoms. The van der Waals surface area contributed by atoms with Crippen LogP contribution in [0, 0.1) is 5.82 Å². The van der Waals surface area contributed by atoms with Crippen molar-refractivity contribution >= 4 is 11.6 Å². The molecule has 0 saturated heterocycles. The van der Waals surface area contributed by atoms with E-state index < -0.39 is 24.4 Å². The third kappa shape index (κ3) is 1.99. The minimum atomic E-state index is -2.96. The minimum absolute atomic E-state index is 0.0169. The molecular formula is C8H7ClF3NO. The Hall–Kier alpha value is -0.810. The van der Waals surface area contributed by atoms with Gasteiger partial charge in [0, 0.05) is 11.4 Å². The van der Waals surface area contributed by atoms with Crippen LogP contribution in [-0.2, 0) is 12.5 Å². The Bertz CT molecular complexity index is 333. The van der Waals surface area contributed by atoms with Gasteiger partial charge in [-0.3, -0.25) is 4.98 Å². The van der Waals surface area contributed by atoms with Crippen LogP contribution in [0.15, 0.2) is 6.20 Å². The second-order valence-corrected chi connectivity index (χ2v) is 2.80. The first kappa shape index (κ1) is 11.3. The predicted molar refractivity (Wildman–Crippen MR) is 44.6 cm³/mol. The van der Waals surface area contributed by atoms with E-state index in [2.05, 4.69) is 4.98 Å². The fraction of sp³-hybridized carbons (Fsp3) is 0.375. The summed E-state index contributed by atoms with van der Waals surface area (Å²) >= 11 is 5.38. The lowest BCUT2D eigenvalue weighted by molar-refractivity contribution is 0.144. The van der Waals surface area contributed by atoms with E-state index in [1.807, 2.05) is 0 Å². The maximum absolute atomic E-state index is 12.9. The Morgan fingerprint density at radius 3 is 2.57 bits per heavy atom. The van der Waals surface area contributed by atoms with Crippen LogP contribution in [0.4, 0.5) is 13.2 Å². The van der Waals surface area contributed by atoms with E-state index in [1.54, 1.807) is 0 Å². The van der Waals surface area contributed by atoms with Crippen molar-refractivity contribution in [3.05, 3.63) is 28.8 Å². The van der Waals surface area contributed by atoms with Crippen LogP contribution in [0.5, 0.6) is 0 Å². The zero-order valence-corrected chi connectivity index (χ0v) is 7.73. The van der Waals surface area contributed by atoms with Gasteiger partial charge >= 0.3 is 0 Å². The minimum Gasteiger partial charge on any atom is -0.390 e. The largest absolute Gasteiger partial charge is 0.390 e. The molecule has 1 aromatic heterocycles. The number of aliphatic hydroxyl groups is 1. The lowest BCUT2D eigenvalue weighted by atomic mass is 10.1. The normalized spacial score (nSPS) is 11.0. The smallest absolute Gasteiger partial charge is 0.267 e. The number of alkyl halides is 3. The Morgan fingerprint density at radius 2 is 2.14 bits per heavy atom. The van der Waals surface area contributed by atoms with E-state index in [0.29, 0.717) is 6.20 Å². The molecule has 1 rings (SSSR count). The van der Waals surface area contributed by atoms with Crippen LogP contribution < -0.4 is 0 Å². The maximum atomic E-state index is 12.9. The quantitative estimate of drug-likeness (QED) is 0.802. The molecule has 0 aromatic carbocycles. The van der Waals surface area contributed by atoms with Crippen LogP contribution in [0.2, 0.25) is 0 Å². The van der Waals surface area contributed by atoms with Crippen molar-refractivity contribution in [1.29, 1.82) is 0 Å². The molecule has 1 heterocycles. The number of pyridine rings is 1. The number of aromatic nitrogens is 1. The van der Waals surface area contributed by atoms with Crippen molar-refractivity contribution in [2.24, 2.45) is 0 Å². The van der Waals surface area contributed by atoms with Crippen LogP contribution in [0.1, 0.15) is 23.2 Å². The molecule has 0 amide bonds. The molecule has 0 fully saturated rings. The molecule has 0 radical (unpaired) electrons. The Balaban J connectivity index is 3.35. The summed E-state index contributed by atoms with van der Waals surface area (Å²) in [6, 6.07) is 0. The van der Waals surface area contributed by atoms with Gasteiger partial charge in [0.1, 0.15) is 0 Å². The molecule has 0 atom stereocenters. The van der Waals surface area contributed by atoms with Gasteiger partial charge in [0.05, 0.1) is 24.1 Å². The average Bonchev–Trinajstić information content (AvgIpc) is 2.16. The van der Waals surface area contributed by atoms with E-state index in [4.69, 9.17) is 16.7 Å². The SMILES string of the molecule is OCc1ncc(F)c(C(F)F)c1CCl. The van der Waals surface area contributed by atoms with Gasteiger partial charge in [-0.15, -0.1) is 11.6 Å². The molecule has 2 nitrogen and oxygen atoms in total. The highest BCUT2D eigenvalue weighted by Crippen LogP contribution is 2.28. The number of nitrogens with zero attached hydrogens (tertiary/aromatic N) is 1. The van der Waals surface area contributed by atoms with Crippen molar-refractivity contribution in [3.8, 4) is 0 Å². The van der Waals surface area contributed by atoms with Crippen molar-refractivity contribution in [3.63, 3.8) is 0 Å². The summed E-state index contributed by atoms with van der Waals surface area (Å²) in [6.45, 7) is -0.540. The summed E-state index contributed by atoms with van der Waals surface area (Å²) in [4.78, 5) is 3.47. The van der Waals surface area contributed by atoms with Gasteiger partial charge in [-0.25, -0.2) is 13.2 Å². The average molecular weight is 226 g/mol. The first-order valence-electron chi connectivity index (χ1n) is 3.73. The van der Waals surface area contributed by atoms with Gasteiger partial charge in [-0.1, -0.05) is 0 Å². The molecular weight excluding hydrogens is 219 g/mol. The molecule has 0 saturated carbocycles. The molecule has 0 unspecified atom stereocenters. The summed E-state index contributed by atoms with van der Waals surface area (Å²) < 4.78 is 37.7. The molecule has 0 aliphatic heterocycles. The second kappa shape index (κ2) is 4.61. The van der Waals surface area contributed by atoms with Crippen molar-refractivity contribution in [2.75, 3.05) is 0 Å². The predicted octanol–water partition coefficient (Wildman–Crippen LogP) is 2.39. The highest BCUT2D eigenvalue weighted by Gasteiger charge is 2.21. The van der Waals surface area contributed by atoms with Gasteiger partial charge in [-0.2, -0.15) is 0 Å². The number of rotatable bonds is 3. The number of aliphatic hydroxyl groups excluding tert-OH is 1. The summed E-state index contributed by atoms with van der Waals surface area (Å²) in [7, 11) is 0. The first-order chi connectivity index (χ1) is 6.61.